The second-order valence-corrected chi connectivity index (χ2v) is 6.22. The van der Waals surface area contributed by atoms with Crippen molar-refractivity contribution >= 4 is 17.5 Å². The number of rotatable bonds is 3. The molecule has 2 aliphatic heterocycles. The van der Waals surface area contributed by atoms with Crippen molar-refractivity contribution in [3.8, 4) is 0 Å². The Hall–Kier alpha value is -2.37. The van der Waals surface area contributed by atoms with Gasteiger partial charge in [0.1, 0.15) is 11.9 Å². The van der Waals surface area contributed by atoms with E-state index in [4.69, 9.17) is 0 Å². The van der Waals surface area contributed by atoms with Crippen LogP contribution in [0.3, 0.4) is 0 Å². The highest BCUT2D eigenvalue weighted by Gasteiger charge is 2.32. The van der Waals surface area contributed by atoms with Crippen molar-refractivity contribution in [2.45, 2.75) is 44.7 Å². The number of anilines is 2. The third kappa shape index (κ3) is 2.69. The molecule has 3 heterocycles. The molecule has 6 nitrogen and oxygen atoms in total. The maximum atomic E-state index is 12.7. The highest BCUT2D eigenvalue weighted by Crippen LogP contribution is 2.26. The van der Waals surface area contributed by atoms with Crippen LogP contribution in [0.25, 0.3) is 0 Å². The molecule has 1 unspecified atom stereocenters. The van der Waals surface area contributed by atoms with E-state index in [2.05, 4.69) is 32.5 Å². The molecule has 0 radical (unpaired) electrons. The molecule has 1 aromatic carbocycles. The highest BCUT2D eigenvalue weighted by molar-refractivity contribution is 5.96. The summed E-state index contributed by atoms with van der Waals surface area (Å²) in [6, 6.07) is 10.0. The van der Waals surface area contributed by atoms with E-state index in [0.29, 0.717) is 5.95 Å². The number of carbonyl (C=O) groups is 1. The number of carbonyl (C=O) groups excluding carboxylic acids is 1. The van der Waals surface area contributed by atoms with Crippen molar-refractivity contribution in [3.63, 3.8) is 0 Å². The van der Waals surface area contributed by atoms with E-state index >= 15 is 0 Å². The standard InChI is InChI=1S/C17H21N5O/c23-16(18-17-20-19-15-10-4-5-11-22(15)17)14-9-6-12-21(14)13-7-2-1-3-8-13/h1-3,7-8,14H,4-6,9-12H2,(H,18,20,23). The molecular weight excluding hydrogens is 290 g/mol. The average Bonchev–Trinajstić information content (AvgIpc) is 3.23. The number of fused-ring (bicyclic) bond motifs is 1. The van der Waals surface area contributed by atoms with Crippen LogP contribution in [-0.4, -0.2) is 33.3 Å². The Bertz CT molecular complexity index is 696. The molecule has 1 atom stereocenters. The number of amides is 1. The molecule has 0 bridgehead atoms. The molecule has 4 rings (SSSR count). The summed E-state index contributed by atoms with van der Waals surface area (Å²) in [5.41, 5.74) is 1.11. The van der Waals surface area contributed by atoms with Crippen molar-refractivity contribution in [1.82, 2.24) is 14.8 Å². The van der Waals surface area contributed by atoms with E-state index in [1.165, 1.54) is 0 Å². The maximum Gasteiger partial charge on any atom is 0.249 e. The lowest BCUT2D eigenvalue weighted by Crippen LogP contribution is -2.40. The van der Waals surface area contributed by atoms with Crippen LogP contribution < -0.4 is 10.2 Å². The maximum absolute atomic E-state index is 12.7. The van der Waals surface area contributed by atoms with Crippen LogP contribution in [0.4, 0.5) is 11.6 Å². The van der Waals surface area contributed by atoms with Crippen molar-refractivity contribution in [1.29, 1.82) is 0 Å². The van der Waals surface area contributed by atoms with Crippen LogP contribution in [0.1, 0.15) is 31.5 Å². The van der Waals surface area contributed by atoms with Gasteiger partial charge in [-0.05, 0) is 37.8 Å². The topological polar surface area (TPSA) is 63.1 Å². The van der Waals surface area contributed by atoms with Crippen LogP contribution >= 0.6 is 0 Å². The first-order valence-electron chi connectivity index (χ1n) is 8.37. The molecule has 23 heavy (non-hydrogen) atoms. The van der Waals surface area contributed by atoms with Gasteiger partial charge in [0.05, 0.1) is 0 Å². The van der Waals surface area contributed by atoms with E-state index in [0.717, 1.165) is 56.7 Å². The Morgan fingerprint density at radius 1 is 1.09 bits per heavy atom. The molecule has 0 spiro atoms. The summed E-state index contributed by atoms with van der Waals surface area (Å²) < 4.78 is 2.04. The van der Waals surface area contributed by atoms with Crippen LogP contribution in [0.2, 0.25) is 0 Å². The fraction of sp³-hybridized carbons (Fsp3) is 0.471. The minimum absolute atomic E-state index is 0.0205. The first kappa shape index (κ1) is 14.2. The second kappa shape index (κ2) is 6.02. The predicted molar refractivity (Wildman–Crippen MR) is 88.4 cm³/mol. The van der Waals surface area contributed by atoms with E-state index in [1.54, 1.807) is 0 Å². The highest BCUT2D eigenvalue weighted by atomic mass is 16.2. The SMILES string of the molecule is O=C(Nc1nnc2n1CCCC2)C1CCCN1c1ccccc1. The van der Waals surface area contributed by atoms with E-state index < -0.39 is 0 Å². The summed E-state index contributed by atoms with van der Waals surface area (Å²) in [5.74, 6) is 1.61. The average molecular weight is 311 g/mol. The molecule has 6 heteroatoms. The normalized spacial score (nSPS) is 20.3. The summed E-state index contributed by atoms with van der Waals surface area (Å²) >= 11 is 0. The lowest BCUT2D eigenvalue weighted by molar-refractivity contribution is -0.117. The van der Waals surface area contributed by atoms with Crippen LogP contribution in [0.15, 0.2) is 30.3 Å². The minimum atomic E-state index is -0.131. The Morgan fingerprint density at radius 3 is 2.83 bits per heavy atom. The van der Waals surface area contributed by atoms with Crippen LogP contribution in [-0.2, 0) is 17.8 Å². The van der Waals surface area contributed by atoms with E-state index in [-0.39, 0.29) is 11.9 Å². The number of para-hydroxylation sites is 1. The zero-order valence-electron chi connectivity index (χ0n) is 13.1. The van der Waals surface area contributed by atoms with Gasteiger partial charge in [0.2, 0.25) is 11.9 Å². The number of nitrogens with one attached hydrogen (secondary N) is 1. The third-order valence-corrected chi connectivity index (χ3v) is 4.74. The molecule has 1 amide bonds. The lowest BCUT2D eigenvalue weighted by Gasteiger charge is -2.26. The van der Waals surface area contributed by atoms with Gasteiger partial charge in [0, 0.05) is 25.2 Å². The van der Waals surface area contributed by atoms with Gasteiger partial charge in [-0.15, -0.1) is 10.2 Å². The second-order valence-electron chi connectivity index (χ2n) is 6.22. The van der Waals surface area contributed by atoms with Crippen molar-refractivity contribution < 1.29 is 4.79 Å². The fourth-order valence-corrected chi connectivity index (χ4v) is 3.56. The first-order chi connectivity index (χ1) is 11.3. The third-order valence-electron chi connectivity index (χ3n) is 4.74. The summed E-state index contributed by atoms with van der Waals surface area (Å²) in [6.45, 7) is 1.81. The van der Waals surface area contributed by atoms with Crippen molar-refractivity contribution in [2.24, 2.45) is 0 Å². The first-order valence-corrected chi connectivity index (χ1v) is 8.37. The molecule has 1 aromatic heterocycles. The molecule has 1 fully saturated rings. The predicted octanol–water partition coefficient (Wildman–Crippen LogP) is 2.22. The number of nitrogens with zero attached hydrogens (tertiary/aromatic N) is 4. The van der Waals surface area contributed by atoms with Gasteiger partial charge < -0.3 is 4.90 Å². The zero-order valence-corrected chi connectivity index (χ0v) is 13.1. The van der Waals surface area contributed by atoms with E-state index in [1.807, 2.05) is 22.8 Å². The number of hydrogen-bond acceptors (Lipinski definition) is 4. The van der Waals surface area contributed by atoms with Gasteiger partial charge in [0.15, 0.2) is 0 Å². The molecule has 2 aliphatic rings. The van der Waals surface area contributed by atoms with Gasteiger partial charge in [-0.1, -0.05) is 18.2 Å². The Balaban J connectivity index is 1.51. The summed E-state index contributed by atoms with van der Waals surface area (Å²) in [7, 11) is 0. The molecule has 0 saturated carbocycles. The molecule has 1 saturated heterocycles. The number of hydrogen-bond donors (Lipinski definition) is 1. The molecule has 2 aromatic rings. The largest absolute Gasteiger partial charge is 0.360 e. The molecule has 120 valence electrons. The molecular formula is C17H21N5O. The number of aryl methyl sites for hydroxylation is 1. The van der Waals surface area contributed by atoms with Gasteiger partial charge in [0.25, 0.3) is 0 Å². The van der Waals surface area contributed by atoms with E-state index in [9.17, 15) is 4.79 Å². The lowest BCUT2D eigenvalue weighted by atomic mass is 10.1. The zero-order chi connectivity index (χ0) is 15.6. The monoisotopic (exact) mass is 311 g/mol. The van der Waals surface area contributed by atoms with Crippen molar-refractivity contribution in [2.75, 3.05) is 16.8 Å². The number of aromatic nitrogens is 3. The summed E-state index contributed by atoms with van der Waals surface area (Å²) in [5, 5.41) is 11.4. The van der Waals surface area contributed by atoms with Crippen molar-refractivity contribution in [3.05, 3.63) is 36.2 Å². The van der Waals surface area contributed by atoms with Crippen LogP contribution in [0, 0.1) is 0 Å². The smallest absolute Gasteiger partial charge is 0.249 e. The van der Waals surface area contributed by atoms with Gasteiger partial charge in [-0.3, -0.25) is 14.7 Å². The van der Waals surface area contributed by atoms with Crippen LogP contribution in [0.5, 0.6) is 0 Å². The Kier molecular flexibility index (Phi) is 3.73. The van der Waals surface area contributed by atoms with Gasteiger partial charge in [-0.2, -0.15) is 0 Å². The molecule has 0 aliphatic carbocycles. The minimum Gasteiger partial charge on any atom is -0.360 e. The fourth-order valence-electron chi connectivity index (χ4n) is 3.56. The Morgan fingerprint density at radius 2 is 1.96 bits per heavy atom. The summed E-state index contributed by atoms with van der Waals surface area (Å²) in [4.78, 5) is 14.9. The molecule has 1 N–H and O–H groups in total. The number of benzene rings is 1. The Labute approximate surface area is 135 Å². The van der Waals surface area contributed by atoms with Gasteiger partial charge in [-0.25, -0.2) is 0 Å². The summed E-state index contributed by atoms with van der Waals surface area (Å²) in [6.07, 6.45) is 5.12. The van der Waals surface area contributed by atoms with Gasteiger partial charge >= 0.3 is 0 Å². The quantitative estimate of drug-likeness (QED) is 0.944.